The molecule has 0 radical (unpaired) electrons. The fraction of sp³-hybridized carbons (Fsp3) is 0.529. The molecule has 1 saturated heterocycles. The van der Waals surface area contributed by atoms with E-state index in [1.54, 1.807) is 0 Å². The molecule has 1 fully saturated rings. The molecule has 0 aliphatic carbocycles. The van der Waals surface area contributed by atoms with E-state index in [4.69, 9.17) is 15.6 Å². The van der Waals surface area contributed by atoms with E-state index in [0.29, 0.717) is 6.54 Å². The second-order valence-corrected chi connectivity index (χ2v) is 5.92. The summed E-state index contributed by atoms with van der Waals surface area (Å²) in [6.45, 7) is 4.59. The van der Waals surface area contributed by atoms with E-state index >= 15 is 0 Å². The van der Waals surface area contributed by atoms with Gasteiger partial charge in [-0.2, -0.15) is 0 Å². The van der Waals surface area contributed by atoms with Crippen LogP contribution in [0.2, 0.25) is 0 Å². The fourth-order valence-corrected chi connectivity index (χ4v) is 2.58. The average molecular weight is 335 g/mol. The van der Waals surface area contributed by atoms with Crippen LogP contribution in [0.3, 0.4) is 0 Å². The highest BCUT2D eigenvalue weighted by Crippen LogP contribution is 2.13. The molecule has 0 saturated carbocycles. The first-order valence-electron chi connectivity index (χ1n) is 8.18. The van der Waals surface area contributed by atoms with Crippen molar-refractivity contribution in [3.8, 4) is 0 Å². The maximum Gasteiger partial charge on any atom is 0.320 e. The summed E-state index contributed by atoms with van der Waals surface area (Å²) in [4.78, 5) is 24.8. The number of amides is 1. The molecule has 0 unspecified atom stereocenters. The third-order valence-electron chi connectivity index (χ3n) is 4.09. The Labute approximate surface area is 141 Å². The summed E-state index contributed by atoms with van der Waals surface area (Å²) in [5, 5.41) is 11.6. The highest BCUT2D eigenvalue weighted by atomic mass is 16.5. The van der Waals surface area contributed by atoms with E-state index in [-0.39, 0.29) is 18.7 Å². The molecule has 7 heteroatoms. The summed E-state index contributed by atoms with van der Waals surface area (Å²) in [5.74, 6) is -1.27. The predicted octanol–water partition coefficient (Wildman–Crippen LogP) is 0.327. The predicted molar refractivity (Wildman–Crippen MR) is 89.2 cm³/mol. The van der Waals surface area contributed by atoms with Gasteiger partial charge in [0.05, 0.1) is 13.2 Å². The number of carboxylic acids is 1. The second kappa shape index (κ2) is 9.36. The zero-order valence-corrected chi connectivity index (χ0v) is 13.7. The molecule has 1 amide bonds. The van der Waals surface area contributed by atoms with Crippen LogP contribution in [0.4, 0.5) is 0 Å². The van der Waals surface area contributed by atoms with Gasteiger partial charge in [-0.05, 0) is 17.5 Å². The molecular weight excluding hydrogens is 310 g/mol. The highest BCUT2D eigenvalue weighted by Gasteiger charge is 2.15. The maximum atomic E-state index is 11.9. The SMILES string of the molecule is N[C@@H](CCC(=O)NCc1ccccc1CN1CCOCC1)C(=O)O. The number of hydrogen-bond donors (Lipinski definition) is 3. The summed E-state index contributed by atoms with van der Waals surface area (Å²) in [6, 6.07) is 7.01. The Kier molecular flexibility index (Phi) is 7.17. The molecule has 1 aliphatic heterocycles. The van der Waals surface area contributed by atoms with Crippen LogP contribution in [0.5, 0.6) is 0 Å². The molecule has 0 aromatic heterocycles. The van der Waals surface area contributed by atoms with E-state index in [0.717, 1.165) is 38.4 Å². The lowest BCUT2D eigenvalue weighted by Crippen LogP contribution is -2.36. The number of carbonyl (C=O) groups is 2. The van der Waals surface area contributed by atoms with Crippen LogP contribution >= 0.6 is 0 Å². The minimum Gasteiger partial charge on any atom is -0.480 e. The molecule has 2 rings (SSSR count). The molecule has 132 valence electrons. The third-order valence-corrected chi connectivity index (χ3v) is 4.09. The molecule has 0 spiro atoms. The number of benzene rings is 1. The smallest absolute Gasteiger partial charge is 0.320 e. The van der Waals surface area contributed by atoms with Gasteiger partial charge in [0.2, 0.25) is 5.91 Å². The standard InChI is InChI=1S/C17H25N3O4/c18-15(17(22)23)5-6-16(21)19-11-13-3-1-2-4-14(13)12-20-7-9-24-10-8-20/h1-4,15H,5-12,18H2,(H,19,21)(H,22,23)/t15-/m0/s1. The zero-order valence-electron chi connectivity index (χ0n) is 13.7. The number of carbonyl (C=O) groups excluding carboxylic acids is 1. The van der Waals surface area contributed by atoms with Crippen molar-refractivity contribution in [3.05, 3.63) is 35.4 Å². The van der Waals surface area contributed by atoms with E-state index in [9.17, 15) is 9.59 Å². The van der Waals surface area contributed by atoms with Crippen molar-refractivity contribution in [2.24, 2.45) is 5.73 Å². The number of nitrogens with zero attached hydrogens (tertiary/aromatic N) is 1. The Balaban J connectivity index is 1.83. The van der Waals surface area contributed by atoms with Gasteiger partial charge < -0.3 is 20.9 Å². The molecule has 24 heavy (non-hydrogen) atoms. The monoisotopic (exact) mass is 335 g/mol. The van der Waals surface area contributed by atoms with Gasteiger partial charge in [0.25, 0.3) is 0 Å². The average Bonchev–Trinajstić information content (AvgIpc) is 2.59. The van der Waals surface area contributed by atoms with Crippen LogP contribution in [-0.4, -0.2) is 54.2 Å². The lowest BCUT2D eigenvalue weighted by atomic mass is 10.1. The topological polar surface area (TPSA) is 105 Å². The van der Waals surface area contributed by atoms with Gasteiger partial charge >= 0.3 is 5.97 Å². The minimum atomic E-state index is -1.08. The van der Waals surface area contributed by atoms with E-state index in [2.05, 4.69) is 16.3 Å². The number of aliphatic carboxylic acids is 1. The van der Waals surface area contributed by atoms with Gasteiger partial charge in [-0.25, -0.2) is 0 Å². The van der Waals surface area contributed by atoms with Gasteiger partial charge in [-0.3, -0.25) is 14.5 Å². The number of carboxylic acid groups (broad SMARTS) is 1. The molecule has 4 N–H and O–H groups in total. The molecule has 1 aliphatic rings. The Morgan fingerprint density at radius 3 is 2.58 bits per heavy atom. The number of hydrogen-bond acceptors (Lipinski definition) is 5. The number of nitrogens with one attached hydrogen (secondary N) is 1. The number of rotatable bonds is 8. The van der Waals surface area contributed by atoms with Gasteiger partial charge in [0.1, 0.15) is 6.04 Å². The van der Waals surface area contributed by atoms with Crippen LogP contribution in [0.25, 0.3) is 0 Å². The van der Waals surface area contributed by atoms with Crippen molar-refractivity contribution in [1.82, 2.24) is 10.2 Å². The zero-order chi connectivity index (χ0) is 17.4. The normalized spacial score (nSPS) is 16.5. The van der Waals surface area contributed by atoms with Crippen molar-refractivity contribution in [1.29, 1.82) is 0 Å². The molecule has 1 aromatic carbocycles. The molecule has 1 atom stereocenters. The first-order valence-corrected chi connectivity index (χ1v) is 8.18. The molecule has 1 aromatic rings. The molecule has 7 nitrogen and oxygen atoms in total. The lowest BCUT2D eigenvalue weighted by molar-refractivity contribution is -0.138. The Bertz CT molecular complexity index is 559. The second-order valence-electron chi connectivity index (χ2n) is 5.92. The van der Waals surface area contributed by atoms with Gasteiger partial charge in [0, 0.05) is 32.6 Å². The van der Waals surface area contributed by atoms with Crippen LogP contribution in [-0.2, 0) is 27.4 Å². The van der Waals surface area contributed by atoms with Crippen LogP contribution in [0, 0.1) is 0 Å². The van der Waals surface area contributed by atoms with Crippen molar-refractivity contribution in [2.45, 2.75) is 32.0 Å². The van der Waals surface area contributed by atoms with Crippen molar-refractivity contribution in [3.63, 3.8) is 0 Å². The van der Waals surface area contributed by atoms with E-state index in [1.807, 2.05) is 18.2 Å². The summed E-state index contributed by atoms with van der Waals surface area (Å²) in [6.07, 6.45) is 0.246. The number of nitrogens with two attached hydrogens (primary N) is 1. The molecule has 1 heterocycles. The minimum absolute atomic E-state index is 0.110. The van der Waals surface area contributed by atoms with Crippen LogP contribution in [0.15, 0.2) is 24.3 Å². The summed E-state index contributed by atoms with van der Waals surface area (Å²) in [7, 11) is 0. The van der Waals surface area contributed by atoms with Crippen LogP contribution in [0.1, 0.15) is 24.0 Å². The summed E-state index contributed by atoms with van der Waals surface area (Å²) < 4.78 is 5.36. The van der Waals surface area contributed by atoms with Crippen molar-refractivity contribution in [2.75, 3.05) is 26.3 Å². The van der Waals surface area contributed by atoms with Gasteiger partial charge in [-0.15, -0.1) is 0 Å². The number of ether oxygens (including phenoxy) is 1. The quantitative estimate of drug-likeness (QED) is 0.632. The van der Waals surface area contributed by atoms with Gasteiger partial charge in [0.15, 0.2) is 0 Å². The third kappa shape index (κ3) is 5.92. The summed E-state index contributed by atoms with van der Waals surface area (Å²) in [5.41, 5.74) is 7.66. The molecular formula is C17H25N3O4. The maximum absolute atomic E-state index is 11.9. The fourth-order valence-electron chi connectivity index (χ4n) is 2.58. The summed E-state index contributed by atoms with van der Waals surface area (Å²) >= 11 is 0. The van der Waals surface area contributed by atoms with Gasteiger partial charge in [-0.1, -0.05) is 24.3 Å². The lowest BCUT2D eigenvalue weighted by Gasteiger charge is -2.27. The highest BCUT2D eigenvalue weighted by molar-refractivity contribution is 5.78. The largest absolute Gasteiger partial charge is 0.480 e. The Morgan fingerprint density at radius 1 is 1.25 bits per heavy atom. The first kappa shape index (κ1) is 18.4. The number of morpholine rings is 1. The van der Waals surface area contributed by atoms with E-state index < -0.39 is 12.0 Å². The van der Waals surface area contributed by atoms with E-state index in [1.165, 1.54) is 5.56 Å². The first-order chi connectivity index (χ1) is 11.6. The molecule has 0 bridgehead atoms. The Morgan fingerprint density at radius 2 is 1.92 bits per heavy atom. The van der Waals surface area contributed by atoms with Crippen LogP contribution < -0.4 is 11.1 Å². The van der Waals surface area contributed by atoms with Crippen molar-refractivity contribution >= 4 is 11.9 Å². The van der Waals surface area contributed by atoms with Crippen molar-refractivity contribution < 1.29 is 19.4 Å². The Hall–Kier alpha value is -1.96.